The van der Waals surface area contributed by atoms with Crippen LogP contribution in [0.25, 0.3) is 11.0 Å². The van der Waals surface area contributed by atoms with Crippen molar-refractivity contribution >= 4 is 38.4 Å². The Labute approximate surface area is 179 Å². The highest BCUT2D eigenvalue weighted by molar-refractivity contribution is 7.93. The number of carbonyl (C=O) groups is 2. The summed E-state index contributed by atoms with van der Waals surface area (Å²) in [4.78, 5) is 25.5. The predicted octanol–water partition coefficient (Wildman–Crippen LogP) is 4.98. The van der Waals surface area contributed by atoms with Gasteiger partial charge in [0.05, 0.1) is 16.1 Å². The Bertz CT molecular complexity index is 1390. The maximum atomic E-state index is 13.5. The Kier molecular flexibility index (Phi) is 5.20. The Morgan fingerprint density at radius 1 is 0.871 bits per heavy atom. The zero-order valence-electron chi connectivity index (χ0n) is 16.9. The second-order valence-electron chi connectivity index (χ2n) is 7.02. The van der Waals surface area contributed by atoms with Crippen LogP contribution in [0.1, 0.15) is 33.4 Å². The van der Waals surface area contributed by atoms with Crippen molar-refractivity contribution in [3.05, 3.63) is 95.7 Å². The smallest absolute Gasteiger partial charge is 0.272 e. The molecule has 0 saturated heterocycles. The maximum absolute atomic E-state index is 13.5. The molecule has 1 heterocycles. The Hall–Kier alpha value is -3.71. The van der Waals surface area contributed by atoms with Gasteiger partial charge in [-0.15, -0.1) is 0 Å². The Morgan fingerprint density at radius 3 is 2.10 bits per heavy atom. The number of amides is 1. The fourth-order valence-corrected chi connectivity index (χ4v) is 4.96. The lowest BCUT2D eigenvalue weighted by Gasteiger charge is -2.23. The van der Waals surface area contributed by atoms with E-state index in [1.807, 2.05) is 0 Å². The third kappa shape index (κ3) is 3.64. The minimum atomic E-state index is -4.23. The predicted molar refractivity (Wildman–Crippen MR) is 118 cm³/mol. The van der Waals surface area contributed by atoms with Crippen LogP contribution >= 0.6 is 0 Å². The number of nitrogens with zero attached hydrogens (tertiary/aromatic N) is 1. The normalized spacial score (nSPS) is 11.4. The van der Waals surface area contributed by atoms with Crippen molar-refractivity contribution in [1.82, 2.24) is 0 Å². The average molecular weight is 433 g/mol. The van der Waals surface area contributed by atoms with Crippen LogP contribution in [0.3, 0.4) is 0 Å². The Balaban J connectivity index is 1.96. The summed E-state index contributed by atoms with van der Waals surface area (Å²) in [5.41, 5.74) is 1.14. The van der Waals surface area contributed by atoms with Crippen molar-refractivity contribution in [2.45, 2.75) is 18.7 Å². The number of benzene rings is 3. The molecule has 4 rings (SSSR count). The molecule has 4 aromatic rings. The number of sulfonamides is 1. The van der Waals surface area contributed by atoms with Gasteiger partial charge in [-0.3, -0.25) is 9.59 Å². The second-order valence-corrected chi connectivity index (χ2v) is 8.81. The third-order valence-corrected chi connectivity index (χ3v) is 6.65. The summed E-state index contributed by atoms with van der Waals surface area (Å²) in [5.74, 6) is -0.472. The van der Waals surface area contributed by atoms with E-state index in [0.717, 1.165) is 4.31 Å². The molecule has 0 atom stereocenters. The van der Waals surface area contributed by atoms with Gasteiger partial charge in [-0.25, -0.2) is 8.42 Å². The van der Waals surface area contributed by atoms with Crippen molar-refractivity contribution in [2.75, 3.05) is 4.31 Å². The molecule has 6 nitrogen and oxygen atoms in total. The number of hydrogen-bond acceptors (Lipinski definition) is 5. The maximum Gasteiger partial charge on any atom is 0.272 e. The van der Waals surface area contributed by atoms with Gasteiger partial charge in [0.25, 0.3) is 15.9 Å². The van der Waals surface area contributed by atoms with Crippen LogP contribution < -0.4 is 4.31 Å². The zero-order valence-corrected chi connectivity index (χ0v) is 17.7. The van der Waals surface area contributed by atoms with E-state index in [1.165, 1.54) is 31.2 Å². The van der Waals surface area contributed by atoms with Gasteiger partial charge >= 0.3 is 0 Å². The van der Waals surface area contributed by atoms with E-state index >= 15 is 0 Å². The number of anilines is 1. The molecule has 0 spiro atoms. The van der Waals surface area contributed by atoms with E-state index in [9.17, 15) is 18.0 Å². The topological polar surface area (TPSA) is 84.7 Å². The molecule has 0 unspecified atom stereocenters. The molecule has 3 aromatic carbocycles. The molecular weight excluding hydrogens is 414 g/mol. The summed E-state index contributed by atoms with van der Waals surface area (Å²) in [6, 6.07) is 20.5. The molecule has 0 aliphatic heterocycles. The van der Waals surface area contributed by atoms with Crippen molar-refractivity contribution < 1.29 is 22.4 Å². The molecule has 0 saturated carbocycles. The fourth-order valence-electron chi connectivity index (χ4n) is 3.53. The number of aryl methyl sites for hydroxylation is 1. The van der Waals surface area contributed by atoms with Crippen molar-refractivity contribution in [3.63, 3.8) is 0 Å². The van der Waals surface area contributed by atoms with Crippen molar-refractivity contribution in [2.24, 2.45) is 0 Å². The monoisotopic (exact) mass is 433 g/mol. The van der Waals surface area contributed by atoms with Crippen LogP contribution in [0.15, 0.2) is 88.2 Å². The largest absolute Gasteiger partial charge is 0.461 e. The SMILES string of the molecule is CC(=O)c1c(C)oc2ccc(N(C(=O)c3ccccc3)S(=O)(=O)c3ccccc3)cc12. The van der Waals surface area contributed by atoms with Gasteiger partial charge < -0.3 is 4.42 Å². The average Bonchev–Trinajstić information content (AvgIpc) is 3.10. The zero-order chi connectivity index (χ0) is 22.2. The highest BCUT2D eigenvalue weighted by Gasteiger charge is 2.32. The number of ketones is 1. The number of carbonyl (C=O) groups excluding carboxylic acids is 2. The van der Waals surface area contributed by atoms with Crippen LogP contribution in [-0.2, 0) is 10.0 Å². The molecule has 0 bridgehead atoms. The van der Waals surface area contributed by atoms with Gasteiger partial charge in [0.15, 0.2) is 5.78 Å². The van der Waals surface area contributed by atoms with Gasteiger partial charge in [0, 0.05) is 10.9 Å². The van der Waals surface area contributed by atoms with E-state index in [2.05, 4.69) is 0 Å². The standard InChI is InChI=1S/C24H19NO5S/c1-16(26)23-17(2)30-22-14-13-19(15-21(22)23)25(24(27)18-9-5-3-6-10-18)31(28,29)20-11-7-4-8-12-20/h3-15H,1-2H3. The molecule has 0 aliphatic rings. The first-order valence-electron chi connectivity index (χ1n) is 9.54. The third-order valence-electron chi connectivity index (χ3n) is 4.92. The molecule has 1 aromatic heterocycles. The lowest BCUT2D eigenvalue weighted by Crippen LogP contribution is -2.37. The fraction of sp³-hybridized carbons (Fsp3) is 0.0833. The molecule has 0 fully saturated rings. The molecule has 1 amide bonds. The first kappa shape index (κ1) is 20.6. The summed E-state index contributed by atoms with van der Waals surface area (Å²) in [6.45, 7) is 3.08. The second kappa shape index (κ2) is 7.85. The van der Waals surface area contributed by atoms with E-state index < -0.39 is 15.9 Å². The Morgan fingerprint density at radius 2 is 1.48 bits per heavy atom. The summed E-state index contributed by atoms with van der Waals surface area (Å²) in [6.07, 6.45) is 0. The number of fused-ring (bicyclic) bond motifs is 1. The summed E-state index contributed by atoms with van der Waals surface area (Å²) >= 11 is 0. The van der Waals surface area contributed by atoms with Crippen LogP contribution in [0.2, 0.25) is 0 Å². The van der Waals surface area contributed by atoms with Crippen molar-refractivity contribution in [3.8, 4) is 0 Å². The minimum Gasteiger partial charge on any atom is -0.461 e. The van der Waals surface area contributed by atoms with Crippen LogP contribution in [0.5, 0.6) is 0 Å². The number of rotatable bonds is 5. The van der Waals surface area contributed by atoms with Crippen LogP contribution in [-0.4, -0.2) is 20.1 Å². The lowest BCUT2D eigenvalue weighted by molar-refractivity contribution is 0.1000. The summed E-state index contributed by atoms with van der Waals surface area (Å²) in [5, 5.41) is 0.455. The first-order chi connectivity index (χ1) is 14.8. The van der Waals surface area contributed by atoms with Gasteiger partial charge in [0.2, 0.25) is 0 Å². The molecule has 31 heavy (non-hydrogen) atoms. The molecule has 0 N–H and O–H groups in total. The molecule has 0 radical (unpaired) electrons. The molecular formula is C24H19NO5S. The van der Waals surface area contributed by atoms with Crippen LogP contribution in [0.4, 0.5) is 5.69 Å². The number of furan rings is 1. The van der Waals surface area contributed by atoms with E-state index in [0.29, 0.717) is 22.3 Å². The highest BCUT2D eigenvalue weighted by Crippen LogP contribution is 2.33. The molecule has 156 valence electrons. The summed E-state index contributed by atoms with van der Waals surface area (Å²) in [7, 11) is -4.23. The first-order valence-corrected chi connectivity index (χ1v) is 11.0. The minimum absolute atomic E-state index is 0.0189. The van der Waals surface area contributed by atoms with E-state index in [-0.39, 0.29) is 21.9 Å². The van der Waals surface area contributed by atoms with Gasteiger partial charge in [-0.2, -0.15) is 4.31 Å². The molecule has 7 heteroatoms. The summed E-state index contributed by atoms with van der Waals surface area (Å²) < 4.78 is 33.4. The quantitative estimate of drug-likeness (QED) is 0.415. The highest BCUT2D eigenvalue weighted by atomic mass is 32.2. The van der Waals surface area contributed by atoms with Crippen molar-refractivity contribution in [1.29, 1.82) is 0 Å². The number of hydrogen-bond donors (Lipinski definition) is 0. The van der Waals surface area contributed by atoms with Gasteiger partial charge in [0.1, 0.15) is 11.3 Å². The number of Topliss-reactive ketones (excluding diaryl/α,β-unsaturated/α-hetero) is 1. The van der Waals surface area contributed by atoms with E-state index in [1.54, 1.807) is 61.5 Å². The lowest BCUT2D eigenvalue weighted by atomic mass is 10.1. The van der Waals surface area contributed by atoms with E-state index in [4.69, 9.17) is 4.42 Å². The van der Waals surface area contributed by atoms with Gasteiger partial charge in [-0.1, -0.05) is 36.4 Å². The van der Waals surface area contributed by atoms with Gasteiger partial charge in [-0.05, 0) is 56.3 Å². The molecule has 0 aliphatic carbocycles. The van der Waals surface area contributed by atoms with Crippen LogP contribution in [0, 0.1) is 6.92 Å².